The number of pyridine rings is 1. The minimum Gasteiger partial charge on any atom is -0.383 e. The lowest BCUT2D eigenvalue weighted by Crippen LogP contribution is -2.07. The number of thioether (sulfide) groups is 1. The molecule has 120 valence electrons. The Bertz CT molecular complexity index is 756. The van der Waals surface area contributed by atoms with Crippen molar-refractivity contribution in [3.8, 4) is 11.4 Å². The van der Waals surface area contributed by atoms with Gasteiger partial charge in [0.05, 0.1) is 23.9 Å². The number of rotatable bonds is 7. The molecule has 23 heavy (non-hydrogen) atoms. The summed E-state index contributed by atoms with van der Waals surface area (Å²) in [5, 5.41) is 12.7. The summed E-state index contributed by atoms with van der Waals surface area (Å²) in [5.41, 5.74) is 2.07. The van der Waals surface area contributed by atoms with Gasteiger partial charge in [-0.1, -0.05) is 11.8 Å². The summed E-state index contributed by atoms with van der Waals surface area (Å²) < 4.78 is 7.30. The van der Waals surface area contributed by atoms with Gasteiger partial charge in [-0.15, -0.1) is 21.5 Å². The second-order valence-electron chi connectivity index (χ2n) is 4.83. The van der Waals surface area contributed by atoms with Crippen LogP contribution in [0.3, 0.4) is 0 Å². The van der Waals surface area contributed by atoms with Gasteiger partial charge in [0.1, 0.15) is 0 Å². The summed E-state index contributed by atoms with van der Waals surface area (Å²) in [4.78, 5) is 8.54. The summed E-state index contributed by atoms with van der Waals surface area (Å²) >= 11 is 3.31. The minimum absolute atomic E-state index is 0.611. The van der Waals surface area contributed by atoms with E-state index in [9.17, 15) is 0 Å². The van der Waals surface area contributed by atoms with Crippen LogP contribution in [0.1, 0.15) is 10.7 Å². The minimum atomic E-state index is 0.611. The third-order valence-corrected chi connectivity index (χ3v) is 5.01. The van der Waals surface area contributed by atoms with Gasteiger partial charge in [-0.05, 0) is 19.1 Å². The van der Waals surface area contributed by atoms with E-state index >= 15 is 0 Å². The summed E-state index contributed by atoms with van der Waals surface area (Å²) in [6, 6.07) is 3.87. The van der Waals surface area contributed by atoms with Crippen LogP contribution in [0.5, 0.6) is 0 Å². The second-order valence-corrected chi connectivity index (χ2v) is 6.84. The largest absolute Gasteiger partial charge is 0.383 e. The number of methoxy groups -OCH3 is 1. The standard InChI is InChI=1S/C15H17N5OS2/c1-11-17-13(9-22-11)10-23-15-19-18-14(20(15)7-8-21-2)12-3-5-16-6-4-12/h3-6,9H,7-8,10H2,1-2H3. The number of ether oxygens (including phenoxy) is 1. The first-order chi connectivity index (χ1) is 11.3. The molecule has 0 N–H and O–H groups in total. The summed E-state index contributed by atoms with van der Waals surface area (Å²) in [5.74, 6) is 1.62. The zero-order valence-electron chi connectivity index (χ0n) is 13.0. The van der Waals surface area contributed by atoms with Crippen LogP contribution in [0.2, 0.25) is 0 Å². The molecule has 8 heteroatoms. The highest BCUT2D eigenvalue weighted by molar-refractivity contribution is 7.98. The second kappa shape index (κ2) is 7.67. The molecule has 0 unspecified atom stereocenters. The van der Waals surface area contributed by atoms with Gasteiger partial charge < -0.3 is 4.74 Å². The van der Waals surface area contributed by atoms with E-state index < -0.39 is 0 Å². The summed E-state index contributed by atoms with van der Waals surface area (Å²) in [6.07, 6.45) is 3.52. The van der Waals surface area contributed by atoms with Gasteiger partial charge in [-0.2, -0.15) is 0 Å². The SMILES string of the molecule is COCCn1c(SCc2csc(C)n2)nnc1-c1ccncc1. The predicted octanol–water partition coefficient (Wildman–Crippen LogP) is 3.04. The van der Waals surface area contributed by atoms with Gasteiger partial charge in [0.15, 0.2) is 11.0 Å². The first-order valence-corrected chi connectivity index (χ1v) is 9.01. The quantitative estimate of drug-likeness (QED) is 0.612. The molecule has 3 rings (SSSR count). The van der Waals surface area contributed by atoms with Crippen LogP contribution in [-0.4, -0.2) is 38.4 Å². The van der Waals surface area contributed by atoms with Crippen molar-refractivity contribution in [1.82, 2.24) is 24.7 Å². The number of aromatic nitrogens is 5. The maximum absolute atomic E-state index is 5.22. The monoisotopic (exact) mass is 347 g/mol. The van der Waals surface area contributed by atoms with Crippen LogP contribution in [0.15, 0.2) is 35.1 Å². The highest BCUT2D eigenvalue weighted by atomic mass is 32.2. The molecule has 6 nitrogen and oxygen atoms in total. The molecular weight excluding hydrogens is 330 g/mol. The van der Waals surface area contributed by atoms with E-state index in [0.29, 0.717) is 13.2 Å². The van der Waals surface area contributed by atoms with Gasteiger partial charge in [-0.3, -0.25) is 9.55 Å². The molecule has 0 aliphatic rings. The summed E-state index contributed by atoms with van der Waals surface area (Å²) in [7, 11) is 1.70. The molecule has 0 saturated carbocycles. The van der Waals surface area contributed by atoms with Crippen LogP contribution < -0.4 is 0 Å². The van der Waals surface area contributed by atoms with Crippen molar-refractivity contribution in [1.29, 1.82) is 0 Å². The lowest BCUT2D eigenvalue weighted by molar-refractivity contribution is 0.185. The number of hydrogen-bond acceptors (Lipinski definition) is 7. The van der Waals surface area contributed by atoms with E-state index in [1.165, 1.54) is 0 Å². The van der Waals surface area contributed by atoms with Crippen molar-refractivity contribution < 1.29 is 4.74 Å². The first kappa shape index (κ1) is 16.1. The molecule has 0 radical (unpaired) electrons. The first-order valence-electron chi connectivity index (χ1n) is 7.14. The predicted molar refractivity (Wildman–Crippen MR) is 91.5 cm³/mol. The van der Waals surface area contributed by atoms with E-state index in [1.807, 2.05) is 19.1 Å². The van der Waals surface area contributed by atoms with Gasteiger partial charge in [0.25, 0.3) is 0 Å². The van der Waals surface area contributed by atoms with Crippen LogP contribution >= 0.6 is 23.1 Å². The van der Waals surface area contributed by atoms with E-state index in [1.54, 1.807) is 42.6 Å². The van der Waals surface area contributed by atoms with Gasteiger partial charge in [-0.25, -0.2) is 4.98 Å². The maximum atomic E-state index is 5.22. The van der Waals surface area contributed by atoms with Crippen molar-refractivity contribution >= 4 is 23.1 Å². The van der Waals surface area contributed by atoms with Crippen LogP contribution in [-0.2, 0) is 17.0 Å². The van der Waals surface area contributed by atoms with Crippen molar-refractivity contribution in [2.75, 3.05) is 13.7 Å². The van der Waals surface area contributed by atoms with Crippen LogP contribution in [0, 0.1) is 6.92 Å². The molecule has 0 atom stereocenters. The number of hydrogen-bond donors (Lipinski definition) is 0. The van der Waals surface area contributed by atoms with Crippen LogP contribution in [0.25, 0.3) is 11.4 Å². The van der Waals surface area contributed by atoms with Crippen molar-refractivity contribution in [3.05, 3.63) is 40.6 Å². The molecular formula is C15H17N5OS2. The fourth-order valence-electron chi connectivity index (χ4n) is 2.11. The lowest BCUT2D eigenvalue weighted by atomic mass is 10.2. The number of thiazole rings is 1. The van der Waals surface area contributed by atoms with Crippen molar-refractivity contribution in [3.63, 3.8) is 0 Å². The van der Waals surface area contributed by atoms with Crippen LogP contribution in [0.4, 0.5) is 0 Å². The molecule has 0 aliphatic carbocycles. The molecule has 0 fully saturated rings. The highest BCUT2D eigenvalue weighted by Gasteiger charge is 2.14. The fraction of sp³-hybridized carbons (Fsp3) is 0.333. The Morgan fingerprint density at radius 3 is 2.78 bits per heavy atom. The Hall–Kier alpha value is -1.77. The fourth-order valence-corrected chi connectivity index (χ4v) is 3.68. The zero-order valence-corrected chi connectivity index (χ0v) is 14.6. The van der Waals surface area contributed by atoms with E-state index in [-0.39, 0.29) is 0 Å². The molecule has 3 aromatic rings. The topological polar surface area (TPSA) is 65.7 Å². The Labute approximate surface area is 143 Å². The van der Waals surface area contributed by atoms with E-state index in [2.05, 4.69) is 30.1 Å². The molecule has 3 heterocycles. The highest BCUT2D eigenvalue weighted by Crippen LogP contribution is 2.26. The third kappa shape index (κ3) is 3.95. The molecule has 0 aromatic carbocycles. The smallest absolute Gasteiger partial charge is 0.191 e. The van der Waals surface area contributed by atoms with E-state index in [0.717, 1.165) is 33.0 Å². The number of aryl methyl sites for hydroxylation is 1. The average Bonchev–Trinajstić information content (AvgIpc) is 3.17. The molecule has 0 bridgehead atoms. The normalized spacial score (nSPS) is 11.0. The van der Waals surface area contributed by atoms with Gasteiger partial charge in [0.2, 0.25) is 0 Å². The van der Waals surface area contributed by atoms with E-state index in [4.69, 9.17) is 4.74 Å². The Morgan fingerprint density at radius 1 is 1.26 bits per heavy atom. The molecule has 0 saturated heterocycles. The Balaban J connectivity index is 1.83. The molecule has 0 aliphatic heterocycles. The Kier molecular flexibility index (Phi) is 5.37. The van der Waals surface area contributed by atoms with Gasteiger partial charge >= 0.3 is 0 Å². The molecule has 0 spiro atoms. The van der Waals surface area contributed by atoms with Gasteiger partial charge in [0, 0.05) is 36.2 Å². The van der Waals surface area contributed by atoms with Crippen molar-refractivity contribution in [2.24, 2.45) is 0 Å². The maximum Gasteiger partial charge on any atom is 0.191 e. The lowest BCUT2D eigenvalue weighted by Gasteiger charge is -2.09. The van der Waals surface area contributed by atoms with Crippen molar-refractivity contribution in [2.45, 2.75) is 24.4 Å². The molecule has 0 amide bonds. The summed E-state index contributed by atoms with van der Waals surface area (Å²) in [6.45, 7) is 3.33. The number of nitrogens with zero attached hydrogens (tertiary/aromatic N) is 5. The average molecular weight is 347 g/mol. The molecule has 3 aromatic heterocycles. The third-order valence-electron chi connectivity index (χ3n) is 3.19. The Morgan fingerprint density at radius 2 is 2.09 bits per heavy atom. The zero-order chi connectivity index (χ0) is 16.1.